The van der Waals surface area contributed by atoms with Crippen LogP contribution in [0.4, 0.5) is 5.69 Å². The number of aromatic nitrogens is 2. The summed E-state index contributed by atoms with van der Waals surface area (Å²) in [6.45, 7) is 6.04. The number of aryl methyl sites for hydroxylation is 1. The predicted octanol–water partition coefficient (Wildman–Crippen LogP) is 3.65. The van der Waals surface area contributed by atoms with Gasteiger partial charge in [-0.3, -0.25) is 9.20 Å². The summed E-state index contributed by atoms with van der Waals surface area (Å²) in [5, 5.41) is 3.00. The Morgan fingerprint density at radius 1 is 1.40 bits per heavy atom. The molecule has 0 bridgehead atoms. The molecule has 8 heteroatoms. The molecule has 0 amide bonds. The number of hydrogen-bond acceptors (Lipinski definition) is 6. The van der Waals surface area contributed by atoms with Gasteiger partial charge in [0.05, 0.1) is 5.69 Å². The zero-order chi connectivity index (χ0) is 18.0. The maximum atomic E-state index is 12.3. The largest absolute Gasteiger partial charge is 0.357 e. The minimum atomic E-state index is -0.216. The van der Waals surface area contributed by atoms with Crippen LogP contribution in [-0.2, 0) is 5.75 Å². The molecule has 0 saturated carbocycles. The number of rotatable bonds is 3. The highest BCUT2D eigenvalue weighted by atomic mass is 32.2. The third-order valence-corrected chi connectivity index (χ3v) is 5.97. The standard InChI is InChI=1S/C17H20N4O2S2/c1-11-3-5-20(6-4-11)17(24)25-10-13-8-15(22)21-9-12(2)7-14(19-23)16(21)18-13/h7-9,11H,3-6,10H2,1-2H3. The molecule has 6 nitrogen and oxygen atoms in total. The third kappa shape index (κ3) is 4.07. The Hall–Kier alpha value is -1.80. The molecular weight excluding hydrogens is 356 g/mol. The predicted molar refractivity (Wildman–Crippen MR) is 106 cm³/mol. The maximum absolute atomic E-state index is 12.3. The van der Waals surface area contributed by atoms with Crippen LogP contribution in [0.3, 0.4) is 0 Å². The lowest BCUT2D eigenvalue weighted by molar-refractivity contribution is 0.287. The summed E-state index contributed by atoms with van der Waals surface area (Å²) in [6.07, 6.45) is 3.98. The molecule has 3 heterocycles. The number of hydrogen-bond donors (Lipinski definition) is 0. The van der Waals surface area contributed by atoms with E-state index in [0.717, 1.165) is 41.7 Å². The van der Waals surface area contributed by atoms with Crippen LogP contribution in [0, 0.1) is 17.7 Å². The Balaban J connectivity index is 1.78. The van der Waals surface area contributed by atoms with Crippen LogP contribution >= 0.6 is 24.0 Å². The fourth-order valence-electron chi connectivity index (χ4n) is 2.92. The van der Waals surface area contributed by atoms with Crippen molar-refractivity contribution >= 4 is 39.6 Å². The average molecular weight is 377 g/mol. The molecule has 132 valence electrons. The number of fused-ring (bicyclic) bond motifs is 1. The molecule has 0 spiro atoms. The highest BCUT2D eigenvalue weighted by Crippen LogP contribution is 2.23. The van der Waals surface area contributed by atoms with E-state index in [0.29, 0.717) is 17.1 Å². The molecule has 0 atom stereocenters. The van der Waals surface area contributed by atoms with Crippen LogP contribution < -0.4 is 5.56 Å². The number of pyridine rings is 1. The van der Waals surface area contributed by atoms with Gasteiger partial charge in [0.25, 0.3) is 5.56 Å². The smallest absolute Gasteiger partial charge is 0.258 e. The van der Waals surface area contributed by atoms with Crippen molar-refractivity contribution < 1.29 is 0 Å². The molecule has 3 rings (SSSR count). The van der Waals surface area contributed by atoms with Crippen LogP contribution in [0.15, 0.2) is 28.3 Å². The Morgan fingerprint density at radius 3 is 2.80 bits per heavy atom. The van der Waals surface area contributed by atoms with Crippen LogP contribution in [-0.4, -0.2) is 31.7 Å². The molecule has 1 aliphatic rings. The number of nitrogens with zero attached hydrogens (tertiary/aromatic N) is 4. The topological polar surface area (TPSA) is 67.0 Å². The number of likely N-dealkylation sites (tertiary alicyclic amines) is 1. The van der Waals surface area contributed by atoms with Gasteiger partial charge in [0.2, 0.25) is 0 Å². The minimum Gasteiger partial charge on any atom is -0.357 e. The fourth-order valence-corrected chi connectivity index (χ4v) is 4.07. The van der Waals surface area contributed by atoms with Gasteiger partial charge in [-0.1, -0.05) is 30.9 Å². The molecule has 1 saturated heterocycles. The third-order valence-electron chi connectivity index (χ3n) is 4.42. The van der Waals surface area contributed by atoms with E-state index >= 15 is 0 Å². The van der Waals surface area contributed by atoms with Gasteiger partial charge in [0.15, 0.2) is 11.3 Å². The second kappa shape index (κ2) is 7.61. The van der Waals surface area contributed by atoms with Gasteiger partial charge in [0, 0.05) is 31.1 Å². The van der Waals surface area contributed by atoms with E-state index < -0.39 is 0 Å². The minimum absolute atomic E-state index is 0.177. The molecule has 0 N–H and O–H groups in total. The molecule has 1 fully saturated rings. The lowest BCUT2D eigenvalue weighted by Crippen LogP contribution is -2.35. The molecule has 2 aromatic rings. The quantitative estimate of drug-likeness (QED) is 0.602. The first-order chi connectivity index (χ1) is 12.0. The van der Waals surface area contributed by atoms with Crippen molar-refractivity contribution in [2.45, 2.75) is 32.4 Å². The van der Waals surface area contributed by atoms with Crippen molar-refractivity contribution in [1.82, 2.24) is 14.3 Å². The molecule has 0 unspecified atom stereocenters. The normalized spacial score (nSPS) is 15.5. The first-order valence-corrected chi connectivity index (χ1v) is 9.65. The second-order valence-electron chi connectivity index (χ2n) is 6.50. The van der Waals surface area contributed by atoms with E-state index in [9.17, 15) is 9.70 Å². The number of thioether (sulfide) groups is 1. The highest BCUT2D eigenvalue weighted by Gasteiger charge is 2.18. The summed E-state index contributed by atoms with van der Waals surface area (Å²) >= 11 is 7.02. The van der Waals surface area contributed by atoms with Gasteiger partial charge in [0.1, 0.15) is 4.32 Å². The van der Waals surface area contributed by atoms with E-state index in [2.05, 4.69) is 22.0 Å². The summed E-state index contributed by atoms with van der Waals surface area (Å²) < 4.78 is 2.21. The first-order valence-electron chi connectivity index (χ1n) is 8.26. The summed E-state index contributed by atoms with van der Waals surface area (Å²) in [4.78, 5) is 30.1. The van der Waals surface area contributed by atoms with Crippen molar-refractivity contribution in [3.05, 3.63) is 44.8 Å². The van der Waals surface area contributed by atoms with E-state index in [1.807, 2.05) is 6.92 Å². The van der Waals surface area contributed by atoms with Crippen LogP contribution in [0.2, 0.25) is 0 Å². The van der Waals surface area contributed by atoms with Gasteiger partial charge in [-0.15, -0.1) is 4.91 Å². The Kier molecular flexibility index (Phi) is 5.48. The summed E-state index contributed by atoms with van der Waals surface area (Å²) in [6, 6.07) is 3.13. The summed E-state index contributed by atoms with van der Waals surface area (Å²) in [5.41, 5.74) is 1.65. The summed E-state index contributed by atoms with van der Waals surface area (Å²) in [5.74, 6) is 1.26. The van der Waals surface area contributed by atoms with E-state index in [4.69, 9.17) is 12.2 Å². The Bertz CT molecular complexity index is 873. The Morgan fingerprint density at radius 2 is 2.12 bits per heavy atom. The molecule has 0 radical (unpaired) electrons. The van der Waals surface area contributed by atoms with Crippen molar-refractivity contribution in [2.75, 3.05) is 13.1 Å². The number of piperidine rings is 1. The zero-order valence-electron chi connectivity index (χ0n) is 14.3. The SMILES string of the molecule is Cc1cc(N=O)c2nc(CSC(=S)N3CCC(C)CC3)cc(=O)n2c1. The second-order valence-corrected chi connectivity index (χ2v) is 8.11. The molecule has 2 aromatic heterocycles. The van der Waals surface area contributed by atoms with Gasteiger partial charge in [-0.25, -0.2) is 4.98 Å². The lowest BCUT2D eigenvalue weighted by atomic mass is 10.00. The molecular formula is C17H20N4O2S2. The van der Waals surface area contributed by atoms with E-state index in [1.54, 1.807) is 12.3 Å². The molecule has 25 heavy (non-hydrogen) atoms. The number of thiocarbonyl (C=S) groups is 1. The lowest BCUT2D eigenvalue weighted by Gasteiger charge is -2.31. The van der Waals surface area contributed by atoms with Crippen LogP contribution in [0.1, 0.15) is 31.0 Å². The van der Waals surface area contributed by atoms with Crippen molar-refractivity contribution in [2.24, 2.45) is 11.1 Å². The van der Waals surface area contributed by atoms with Crippen molar-refractivity contribution in [3.63, 3.8) is 0 Å². The number of nitroso groups, excluding NO2 is 1. The fraction of sp³-hybridized carbons (Fsp3) is 0.471. The van der Waals surface area contributed by atoms with Gasteiger partial charge in [-0.05, 0) is 42.5 Å². The van der Waals surface area contributed by atoms with Gasteiger partial charge in [-0.2, -0.15) is 0 Å². The van der Waals surface area contributed by atoms with Gasteiger partial charge >= 0.3 is 0 Å². The molecule has 1 aliphatic heterocycles. The van der Waals surface area contributed by atoms with Crippen LogP contribution in [0.5, 0.6) is 0 Å². The van der Waals surface area contributed by atoms with Crippen molar-refractivity contribution in [1.29, 1.82) is 0 Å². The van der Waals surface area contributed by atoms with Crippen molar-refractivity contribution in [3.8, 4) is 0 Å². The molecule has 0 aromatic carbocycles. The zero-order valence-corrected chi connectivity index (χ0v) is 15.9. The summed E-state index contributed by atoms with van der Waals surface area (Å²) in [7, 11) is 0. The Labute approximate surface area is 155 Å². The average Bonchev–Trinajstić information content (AvgIpc) is 2.60. The highest BCUT2D eigenvalue weighted by molar-refractivity contribution is 8.22. The maximum Gasteiger partial charge on any atom is 0.258 e. The van der Waals surface area contributed by atoms with E-state index in [-0.39, 0.29) is 11.2 Å². The molecule has 0 aliphatic carbocycles. The van der Waals surface area contributed by atoms with Crippen LogP contribution in [0.25, 0.3) is 5.65 Å². The monoisotopic (exact) mass is 376 g/mol. The van der Waals surface area contributed by atoms with E-state index in [1.165, 1.54) is 22.2 Å². The van der Waals surface area contributed by atoms with Gasteiger partial charge < -0.3 is 4.90 Å². The first kappa shape index (κ1) is 18.0.